The van der Waals surface area contributed by atoms with Gasteiger partial charge in [-0.3, -0.25) is 4.57 Å². The Kier molecular flexibility index (Phi) is 8.20. The number of hydrogen-bond donors (Lipinski definition) is 0. The minimum atomic E-state index is -7.07. The number of ether oxygens (including phenoxy) is 1. The molecule has 16 aromatic rings. The molecule has 97 heavy (non-hydrogen) atoms. The van der Waals surface area contributed by atoms with Crippen molar-refractivity contribution in [3.63, 3.8) is 0 Å². The van der Waals surface area contributed by atoms with Gasteiger partial charge in [0.05, 0.1) is 71.6 Å². The van der Waals surface area contributed by atoms with E-state index in [9.17, 15) is 43.9 Å². The molecule has 13 aromatic carbocycles. The fraction of sp³-hybridized carbons (Fsp3) is 0.0562. The first-order valence-electron chi connectivity index (χ1n) is 50.9. The number of aromatic nitrogens is 4. The summed E-state index contributed by atoms with van der Waals surface area (Å²) in [6, 6.07) is -20.7. The molecule has 0 aliphatic carbocycles. The maximum Gasteiger partial charge on any atom is 0.268 e. The van der Waals surface area contributed by atoms with Crippen molar-refractivity contribution in [1.82, 2.24) is 14.1 Å². The van der Waals surface area contributed by atoms with Crippen molar-refractivity contribution in [3.05, 3.63) is 368 Å². The molecular formula is C89H68N4OPtSi2-2. The second-order valence-corrected chi connectivity index (χ2v) is 29.7. The first-order chi connectivity index (χ1) is 64.9. The van der Waals surface area contributed by atoms with Crippen molar-refractivity contribution in [3.8, 4) is 50.9 Å². The van der Waals surface area contributed by atoms with Crippen molar-refractivity contribution >= 4 is 90.5 Å². The molecule has 0 aliphatic heterocycles. The largest absolute Gasteiger partial charge is 0.510 e. The van der Waals surface area contributed by atoms with E-state index in [2.05, 4.69) is 23.4 Å². The van der Waals surface area contributed by atoms with Crippen LogP contribution in [0, 0.1) is 25.3 Å². The third-order valence-corrected chi connectivity index (χ3v) is 24.7. The first-order valence-corrected chi connectivity index (χ1v) is 33.4. The van der Waals surface area contributed by atoms with Gasteiger partial charge in [-0.2, -0.15) is 18.2 Å². The molecule has 0 atom stereocenters. The van der Waals surface area contributed by atoms with Gasteiger partial charge in [-0.05, 0) is 111 Å². The molecule has 470 valence electrons. The van der Waals surface area contributed by atoms with Gasteiger partial charge in [0.25, 0.3) is 6.33 Å². The van der Waals surface area contributed by atoms with Gasteiger partial charge >= 0.3 is 0 Å². The molecule has 16 rings (SSSR count). The van der Waals surface area contributed by atoms with Gasteiger partial charge in [-0.1, -0.05) is 310 Å². The molecule has 5 nitrogen and oxygen atoms in total. The summed E-state index contributed by atoms with van der Waals surface area (Å²) in [5, 5.41) is -8.41. The Bertz CT molecular complexity index is 7370. The monoisotopic (exact) mass is 1500 g/mol. The minimum absolute atomic E-state index is 0. The van der Waals surface area contributed by atoms with Crippen LogP contribution in [-0.4, -0.2) is 30.3 Å². The van der Waals surface area contributed by atoms with Crippen LogP contribution in [0.5, 0.6) is 11.5 Å². The van der Waals surface area contributed by atoms with Gasteiger partial charge in [0.1, 0.15) is 5.82 Å². The van der Waals surface area contributed by atoms with E-state index in [1.807, 2.05) is 0 Å². The topological polar surface area (TPSA) is 35.9 Å². The van der Waals surface area contributed by atoms with Gasteiger partial charge < -0.3 is 13.9 Å². The van der Waals surface area contributed by atoms with Crippen LogP contribution in [0.15, 0.2) is 339 Å². The maximum atomic E-state index is 10.5. The zero-order chi connectivity index (χ0) is 102. The van der Waals surface area contributed by atoms with Crippen LogP contribution in [0.25, 0.3) is 72.3 Å². The van der Waals surface area contributed by atoms with Crippen LogP contribution in [0.2, 0.25) is 0 Å². The fourth-order valence-electron chi connectivity index (χ4n) is 12.1. The van der Waals surface area contributed by atoms with Crippen molar-refractivity contribution < 1.29 is 89.3 Å². The molecule has 0 saturated carbocycles. The second kappa shape index (κ2) is 26.1. The second-order valence-electron chi connectivity index (χ2n) is 22.7. The summed E-state index contributed by atoms with van der Waals surface area (Å²) >= 11 is 0. The summed E-state index contributed by atoms with van der Waals surface area (Å²) < 4.78 is 425. The van der Waals surface area contributed by atoms with Gasteiger partial charge in [0.15, 0.2) is 16.1 Å². The number of rotatable bonds is 15. The van der Waals surface area contributed by atoms with Gasteiger partial charge in [-0.25, -0.2) is 4.98 Å². The number of aryl methyl sites for hydroxylation is 1. The average Bonchev–Trinajstić information content (AvgIpc) is 0.885. The standard InChI is InChI=1S/C89H68N4OSi2.Pt/c1-64-56-87(90-62-80(64)66-34-15-6-16-35-66)93-81-51-30-29-50-78(81)79-54-53-71(61-83(79)93)94-70-37-31-36-69(60-70)91-63-92(82-55-52-67(57-84(82)91)65-32-13-5-14-33-65)88-85(95(72-38-17-7-18-39-72,73-40-19-8-20-41-73)74-42-21-9-22-43-74)58-68(89(2,3)4)59-86(88)96(75-44-23-10-24-45-75,76-46-25-11-26-47-76)77-48-27-12-28-49-77;/h5-59,62H,1-4H3;/q-2;/i1D3,5D,6D,7D,8D,9D,10D,11D,12D,13D,14D,15D,16D,17D,18D,19D,20D,21D,22D,23D,24D,25D,26D,27D,28D,32D,33D,34D,35D,38D,39D,40D,41D,42D,43D,44D,45D,46D,47D,48D,49D;. The Balaban J connectivity index is 0.0000148. The summed E-state index contributed by atoms with van der Waals surface area (Å²) in [6.07, 6.45) is 4.28. The molecule has 0 spiro atoms. The number of nitrogens with zero attached hydrogens (tertiary/aromatic N) is 4. The molecule has 0 radical (unpaired) electrons. The third kappa shape index (κ3) is 11.0. The van der Waals surface area contributed by atoms with E-state index >= 15 is 0 Å². The Labute approximate surface area is 644 Å². The predicted octanol–water partition coefficient (Wildman–Crippen LogP) is 15.3. The average molecular weight is 1500 g/mol. The Hall–Kier alpha value is -10.8. The molecule has 0 unspecified atom stereocenters. The van der Waals surface area contributed by atoms with Crippen molar-refractivity contribution in [2.45, 2.75) is 33.0 Å². The number of imidazole rings is 1. The van der Waals surface area contributed by atoms with Gasteiger partial charge in [0.2, 0.25) is 0 Å². The van der Waals surface area contributed by atoms with Crippen LogP contribution in [0.3, 0.4) is 0 Å². The minimum Gasteiger partial charge on any atom is -0.510 e. The van der Waals surface area contributed by atoms with E-state index in [0.29, 0.717) is 16.3 Å². The summed E-state index contributed by atoms with van der Waals surface area (Å²) in [6.45, 7) is 1.32. The van der Waals surface area contributed by atoms with Crippen LogP contribution in [0.1, 0.15) is 90.8 Å². The number of fused-ring (bicyclic) bond motifs is 4. The molecule has 0 aliphatic rings. The Morgan fingerprint density at radius 2 is 0.948 bits per heavy atom. The van der Waals surface area contributed by atoms with E-state index in [1.165, 1.54) is 61.7 Å². The number of para-hydroxylation sites is 1. The van der Waals surface area contributed by atoms with Gasteiger partial charge in [-0.15, -0.1) is 29.7 Å². The summed E-state index contributed by atoms with van der Waals surface area (Å²) in [5.74, 6) is -0.537. The molecule has 0 saturated heterocycles. The molecule has 3 heterocycles. The third-order valence-electron chi connectivity index (χ3n) is 16.4. The smallest absolute Gasteiger partial charge is 0.268 e. The van der Waals surface area contributed by atoms with Gasteiger partial charge in [0, 0.05) is 54.0 Å². The van der Waals surface area contributed by atoms with E-state index < -0.39 is 339 Å². The van der Waals surface area contributed by atoms with E-state index in [0.717, 1.165) is 39.6 Å². The quantitative estimate of drug-likeness (QED) is 0.0444. The van der Waals surface area contributed by atoms with E-state index in [4.69, 9.17) is 19.8 Å². The zero-order valence-corrected chi connectivity index (χ0v) is 55.0. The summed E-state index contributed by atoms with van der Waals surface area (Å²) in [7, 11) is -14.1. The molecular weight excluding hydrogens is 1390 g/mol. The molecule has 0 N–H and O–H groups in total. The Morgan fingerprint density at radius 3 is 1.45 bits per heavy atom. The normalized spacial score (nSPS) is 18.2. The molecule has 8 heteroatoms. The summed E-state index contributed by atoms with van der Waals surface area (Å²) in [4.78, 5) is 4.67. The fourth-order valence-corrected chi connectivity index (χ4v) is 20.3. The van der Waals surface area contributed by atoms with Crippen LogP contribution in [-0.2, 0) is 26.5 Å². The number of hydrogen-bond acceptors (Lipinski definition) is 2. The SMILES string of the molecule is [2H]c1c([2H])c([2H])c(-c2ccc3c(c2)n(-c2[c-]c(Oc4[c-]c5c(cc4)c4ccccc4n5-c4cc(C([2H])([2H])[2H])c(-c5c([2H])c([2H])c([2H])c([2H])c5[2H])cn4)ccc2)[c-][n+]3-c2c([Si](c3c([2H])c([2H])c([2H])c([2H])c3[2H])(c3c([2H])c([2H])c([2H])c([2H])c3[2H])c3c([2H])c([2H])c([2H])c([2H])c3[2H])cc(C(C)(C)C)cc2[Si](c2c([2H])c([2H])c([2H])c([2H])c2[2H])(c2c([2H])c([2H])c([2H])c([2H])c2[2H])c2c([2H])c([2H])c([2H])c([2H])c2[2H])c([2H])c1[2H].[Pt]. The molecule has 3 aromatic heterocycles. The summed E-state index contributed by atoms with van der Waals surface area (Å²) in [5.41, 5.74) is -5.83. The Morgan fingerprint density at radius 1 is 0.464 bits per heavy atom. The first kappa shape index (κ1) is 30.5. The zero-order valence-electron chi connectivity index (χ0n) is 93.8. The van der Waals surface area contributed by atoms with Crippen molar-refractivity contribution in [1.29, 1.82) is 0 Å². The van der Waals surface area contributed by atoms with Crippen LogP contribution in [0.4, 0.5) is 0 Å². The molecule has 0 fully saturated rings. The number of benzene rings is 13. The molecule has 0 bridgehead atoms. The predicted molar refractivity (Wildman–Crippen MR) is 402 cm³/mol. The number of pyridine rings is 1. The van der Waals surface area contributed by atoms with Crippen LogP contribution >= 0.6 is 0 Å². The van der Waals surface area contributed by atoms with Crippen molar-refractivity contribution in [2.24, 2.45) is 0 Å². The van der Waals surface area contributed by atoms with Crippen LogP contribution < -0.4 is 50.8 Å². The molecule has 0 amide bonds. The maximum absolute atomic E-state index is 10.5. The van der Waals surface area contributed by atoms with Crippen molar-refractivity contribution in [2.75, 3.05) is 0 Å². The van der Waals surface area contributed by atoms with E-state index in [-0.39, 0.29) is 71.8 Å². The van der Waals surface area contributed by atoms with E-state index in [1.54, 1.807) is 30.3 Å².